The van der Waals surface area contributed by atoms with E-state index < -0.39 is 15.9 Å². The summed E-state index contributed by atoms with van der Waals surface area (Å²) in [6, 6.07) is 14.6. The lowest BCUT2D eigenvalue weighted by Crippen LogP contribution is -2.40. The van der Waals surface area contributed by atoms with Crippen LogP contribution in [-0.2, 0) is 20.4 Å². The molecule has 2 atom stereocenters. The molecule has 2 rings (SSSR count). The molecule has 0 radical (unpaired) electrons. The van der Waals surface area contributed by atoms with E-state index >= 15 is 0 Å². The smallest absolute Gasteiger partial charge is 0.241 e. The standard InChI is InChI=1S/C19H24N2O3S/c1-3-14(2)18(20)19(22)21-16-9-7-8-15(12-16)13-25(23,24)17-10-5-4-6-11-17/h4-12,14,18H,3,13,20H2,1-2H3,(H,21,22). The van der Waals surface area contributed by atoms with Gasteiger partial charge >= 0.3 is 0 Å². The van der Waals surface area contributed by atoms with E-state index in [1.165, 1.54) is 0 Å². The van der Waals surface area contributed by atoms with Crippen LogP contribution in [0.4, 0.5) is 5.69 Å². The summed E-state index contributed by atoms with van der Waals surface area (Å²) in [6.07, 6.45) is 0.809. The molecule has 0 aliphatic rings. The number of hydrogen-bond acceptors (Lipinski definition) is 4. The molecule has 0 aliphatic carbocycles. The second kappa shape index (κ2) is 8.27. The van der Waals surface area contributed by atoms with E-state index in [-0.39, 0.29) is 22.5 Å². The Morgan fingerprint density at radius 1 is 1.12 bits per heavy atom. The Morgan fingerprint density at radius 3 is 2.44 bits per heavy atom. The van der Waals surface area contributed by atoms with Crippen LogP contribution in [0, 0.1) is 5.92 Å². The SMILES string of the molecule is CCC(C)C(N)C(=O)Nc1cccc(CS(=O)(=O)c2ccccc2)c1. The van der Waals surface area contributed by atoms with E-state index in [1.807, 2.05) is 13.8 Å². The molecule has 2 unspecified atom stereocenters. The topological polar surface area (TPSA) is 89.3 Å². The second-order valence-corrected chi connectivity index (χ2v) is 8.16. The number of anilines is 1. The average molecular weight is 360 g/mol. The van der Waals surface area contributed by atoms with Gasteiger partial charge in [-0.2, -0.15) is 0 Å². The van der Waals surface area contributed by atoms with Crippen LogP contribution >= 0.6 is 0 Å². The molecule has 0 bridgehead atoms. The predicted octanol–water partition coefficient (Wildman–Crippen LogP) is 2.97. The van der Waals surface area contributed by atoms with Crippen molar-refractivity contribution < 1.29 is 13.2 Å². The number of nitrogens with two attached hydrogens (primary N) is 1. The van der Waals surface area contributed by atoms with Crippen LogP contribution in [0.5, 0.6) is 0 Å². The third-order valence-corrected chi connectivity index (χ3v) is 5.92. The van der Waals surface area contributed by atoms with Crippen LogP contribution in [0.2, 0.25) is 0 Å². The summed E-state index contributed by atoms with van der Waals surface area (Å²) in [5.74, 6) is -0.322. The van der Waals surface area contributed by atoms with Gasteiger partial charge in [-0.25, -0.2) is 8.42 Å². The summed E-state index contributed by atoms with van der Waals surface area (Å²) in [6.45, 7) is 3.90. The maximum Gasteiger partial charge on any atom is 0.241 e. The van der Waals surface area contributed by atoms with Crippen molar-refractivity contribution >= 4 is 21.4 Å². The first-order valence-electron chi connectivity index (χ1n) is 8.26. The minimum atomic E-state index is -3.43. The Hall–Kier alpha value is -2.18. The van der Waals surface area contributed by atoms with Crippen molar-refractivity contribution in [2.45, 2.75) is 37.0 Å². The van der Waals surface area contributed by atoms with E-state index in [2.05, 4.69) is 5.32 Å². The van der Waals surface area contributed by atoms with Crippen molar-refractivity contribution in [3.63, 3.8) is 0 Å². The van der Waals surface area contributed by atoms with Gasteiger partial charge in [0.05, 0.1) is 16.7 Å². The highest BCUT2D eigenvalue weighted by molar-refractivity contribution is 7.90. The third kappa shape index (κ3) is 5.14. The van der Waals surface area contributed by atoms with Gasteiger partial charge in [0.15, 0.2) is 9.84 Å². The Bertz CT molecular complexity index is 820. The molecule has 0 fully saturated rings. The second-order valence-electron chi connectivity index (χ2n) is 6.17. The Balaban J connectivity index is 2.13. The number of rotatable bonds is 7. The van der Waals surface area contributed by atoms with Crippen molar-refractivity contribution in [3.8, 4) is 0 Å². The van der Waals surface area contributed by atoms with Crippen molar-refractivity contribution in [1.82, 2.24) is 0 Å². The van der Waals surface area contributed by atoms with E-state index in [0.717, 1.165) is 6.42 Å². The summed E-state index contributed by atoms with van der Waals surface area (Å²) in [4.78, 5) is 12.5. The van der Waals surface area contributed by atoms with E-state index in [0.29, 0.717) is 11.3 Å². The fraction of sp³-hybridized carbons (Fsp3) is 0.316. The molecule has 0 spiro atoms. The normalized spacial score (nSPS) is 13.9. The fourth-order valence-electron chi connectivity index (χ4n) is 2.41. The zero-order valence-corrected chi connectivity index (χ0v) is 15.3. The molecule has 1 amide bonds. The minimum Gasteiger partial charge on any atom is -0.325 e. The highest BCUT2D eigenvalue weighted by Gasteiger charge is 2.20. The molecule has 0 aliphatic heterocycles. The van der Waals surface area contributed by atoms with Gasteiger partial charge in [0.1, 0.15) is 0 Å². The maximum absolute atomic E-state index is 12.5. The molecular formula is C19H24N2O3S. The van der Waals surface area contributed by atoms with Crippen molar-refractivity contribution in [2.75, 3.05) is 5.32 Å². The lowest BCUT2D eigenvalue weighted by molar-refractivity contribution is -0.118. The van der Waals surface area contributed by atoms with Gasteiger partial charge in [-0.1, -0.05) is 50.6 Å². The number of carbonyl (C=O) groups is 1. The number of hydrogen-bond donors (Lipinski definition) is 2. The van der Waals surface area contributed by atoms with Crippen LogP contribution < -0.4 is 11.1 Å². The Labute approximate surface area is 149 Å². The molecule has 5 nitrogen and oxygen atoms in total. The molecule has 2 aromatic rings. The summed E-state index contributed by atoms with van der Waals surface area (Å²) in [5, 5.41) is 2.76. The van der Waals surface area contributed by atoms with Gasteiger partial charge in [-0.3, -0.25) is 4.79 Å². The van der Waals surface area contributed by atoms with Crippen molar-refractivity contribution in [3.05, 3.63) is 60.2 Å². The number of benzene rings is 2. The van der Waals surface area contributed by atoms with Gasteiger partial charge in [-0.15, -0.1) is 0 Å². The molecule has 25 heavy (non-hydrogen) atoms. The van der Waals surface area contributed by atoms with Crippen LogP contribution in [0.1, 0.15) is 25.8 Å². The molecule has 0 heterocycles. The number of nitrogens with one attached hydrogen (secondary N) is 1. The molecule has 0 saturated carbocycles. The lowest BCUT2D eigenvalue weighted by Gasteiger charge is -2.18. The summed E-state index contributed by atoms with van der Waals surface area (Å²) < 4.78 is 24.9. The molecule has 0 saturated heterocycles. The summed E-state index contributed by atoms with van der Waals surface area (Å²) in [7, 11) is -3.43. The zero-order chi connectivity index (χ0) is 18.4. The van der Waals surface area contributed by atoms with E-state index in [9.17, 15) is 13.2 Å². The highest BCUT2D eigenvalue weighted by atomic mass is 32.2. The monoisotopic (exact) mass is 360 g/mol. The van der Waals surface area contributed by atoms with Gasteiger partial charge in [0.25, 0.3) is 0 Å². The molecule has 3 N–H and O–H groups in total. The van der Waals surface area contributed by atoms with E-state index in [4.69, 9.17) is 5.73 Å². The molecule has 2 aromatic carbocycles. The van der Waals surface area contributed by atoms with Crippen molar-refractivity contribution in [2.24, 2.45) is 11.7 Å². The van der Waals surface area contributed by atoms with Gasteiger partial charge in [-0.05, 0) is 35.7 Å². The zero-order valence-electron chi connectivity index (χ0n) is 14.5. The molecule has 0 aromatic heterocycles. The quantitative estimate of drug-likeness (QED) is 0.794. The Morgan fingerprint density at radius 2 is 1.80 bits per heavy atom. The van der Waals surface area contributed by atoms with Gasteiger partial charge in [0.2, 0.25) is 5.91 Å². The minimum absolute atomic E-state index is 0.0710. The van der Waals surface area contributed by atoms with Crippen LogP contribution in [-0.4, -0.2) is 20.4 Å². The first-order chi connectivity index (χ1) is 11.8. The maximum atomic E-state index is 12.5. The van der Waals surface area contributed by atoms with Crippen molar-refractivity contribution in [1.29, 1.82) is 0 Å². The largest absolute Gasteiger partial charge is 0.325 e. The van der Waals surface area contributed by atoms with Crippen LogP contribution in [0.3, 0.4) is 0 Å². The lowest BCUT2D eigenvalue weighted by atomic mass is 9.99. The number of carbonyl (C=O) groups excluding carboxylic acids is 1. The fourth-order valence-corrected chi connectivity index (χ4v) is 3.76. The predicted molar refractivity (Wildman–Crippen MR) is 99.8 cm³/mol. The van der Waals surface area contributed by atoms with Gasteiger partial charge in [0, 0.05) is 5.69 Å². The number of amides is 1. The number of sulfone groups is 1. The molecule has 134 valence electrons. The molecule has 6 heteroatoms. The Kier molecular flexibility index (Phi) is 6.33. The average Bonchev–Trinajstić information content (AvgIpc) is 2.61. The van der Waals surface area contributed by atoms with Crippen LogP contribution in [0.15, 0.2) is 59.5 Å². The summed E-state index contributed by atoms with van der Waals surface area (Å²) in [5.41, 5.74) is 7.08. The third-order valence-electron chi connectivity index (χ3n) is 4.21. The summed E-state index contributed by atoms with van der Waals surface area (Å²) >= 11 is 0. The van der Waals surface area contributed by atoms with E-state index in [1.54, 1.807) is 54.6 Å². The highest BCUT2D eigenvalue weighted by Crippen LogP contribution is 2.19. The first-order valence-corrected chi connectivity index (χ1v) is 9.92. The first kappa shape index (κ1) is 19.1. The van der Waals surface area contributed by atoms with Crippen LogP contribution in [0.25, 0.3) is 0 Å². The van der Waals surface area contributed by atoms with Gasteiger partial charge < -0.3 is 11.1 Å². The molecular weight excluding hydrogens is 336 g/mol.